The Labute approximate surface area is 145 Å². The monoisotopic (exact) mass is 359 g/mol. The van der Waals surface area contributed by atoms with E-state index in [0.29, 0.717) is 23.0 Å². The van der Waals surface area contributed by atoms with Crippen LogP contribution in [0.5, 0.6) is 0 Å². The fraction of sp³-hybridized carbons (Fsp3) is 0.500. The normalized spacial score (nSPS) is 21.3. The van der Waals surface area contributed by atoms with Gasteiger partial charge in [0.1, 0.15) is 11.6 Å². The van der Waals surface area contributed by atoms with Gasteiger partial charge in [-0.05, 0) is 44.9 Å². The molecule has 5 nitrogen and oxygen atoms in total. The standard InChI is InChI=1S/C16H19Cl2NO4/c1-16(2,3)23-15(22)19-7-6-10(13(19)14(20)21)9-4-5-11(17)12(18)8-9/h4-5,8,10,13H,6-7H2,1-3H3,(H,20,21). The predicted octanol–water partition coefficient (Wildman–Crippen LogP) is 4.17. The SMILES string of the molecule is CC(C)(C)OC(=O)N1CCC(c2ccc(Cl)c(Cl)c2)C1C(=O)O. The molecule has 1 saturated heterocycles. The second-order valence-electron chi connectivity index (χ2n) is 6.53. The third-order valence-corrected chi connectivity index (χ3v) is 4.39. The largest absolute Gasteiger partial charge is 0.480 e. The first-order valence-corrected chi connectivity index (χ1v) is 8.03. The summed E-state index contributed by atoms with van der Waals surface area (Å²) in [6.45, 7) is 5.55. The average molecular weight is 360 g/mol. The van der Waals surface area contributed by atoms with E-state index in [1.165, 1.54) is 4.90 Å². The minimum absolute atomic E-state index is 0.316. The van der Waals surface area contributed by atoms with E-state index in [9.17, 15) is 14.7 Å². The molecule has 0 bridgehead atoms. The lowest BCUT2D eigenvalue weighted by Gasteiger charge is -2.28. The summed E-state index contributed by atoms with van der Waals surface area (Å²) in [4.78, 5) is 25.2. The molecule has 2 atom stereocenters. The lowest BCUT2D eigenvalue weighted by molar-refractivity contribution is -0.142. The van der Waals surface area contributed by atoms with E-state index >= 15 is 0 Å². The summed E-state index contributed by atoms with van der Waals surface area (Å²) in [7, 11) is 0. The van der Waals surface area contributed by atoms with Gasteiger partial charge in [0.15, 0.2) is 0 Å². The van der Waals surface area contributed by atoms with Crippen LogP contribution in [0.3, 0.4) is 0 Å². The molecule has 0 spiro atoms. The third kappa shape index (κ3) is 4.09. The molecule has 126 valence electrons. The van der Waals surface area contributed by atoms with Crippen LogP contribution < -0.4 is 0 Å². The van der Waals surface area contributed by atoms with E-state index in [1.54, 1.807) is 39.0 Å². The van der Waals surface area contributed by atoms with E-state index in [-0.39, 0.29) is 5.92 Å². The molecule has 1 N–H and O–H groups in total. The minimum atomic E-state index is -1.07. The van der Waals surface area contributed by atoms with Gasteiger partial charge in [0.2, 0.25) is 0 Å². The molecule has 1 aromatic carbocycles. The first-order valence-electron chi connectivity index (χ1n) is 7.27. The fourth-order valence-corrected chi connectivity index (χ4v) is 3.02. The molecule has 1 heterocycles. The number of likely N-dealkylation sites (tertiary alicyclic amines) is 1. The van der Waals surface area contributed by atoms with Crippen molar-refractivity contribution in [3.05, 3.63) is 33.8 Å². The second-order valence-corrected chi connectivity index (χ2v) is 7.34. The number of ether oxygens (including phenoxy) is 1. The van der Waals surface area contributed by atoms with Gasteiger partial charge in [-0.25, -0.2) is 9.59 Å². The molecule has 0 saturated carbocycles. The molecule has 2 unspecified atom stereocenters. The number of rotatable bonds is 2. The first-order chi connectivity index (χ1) is 10.6. The maximum absolute atomic E-state index is 12.3. The maximum atomic E-state index is 12.3. The molecular weight excluding hydrogens is 341 g/mol. The smallest absolute Gasteiger partial charge is 0.411 e. The summed E-state index contributed by atoms with van der Waals surface area (Å²) < 4.78 is 5.31. The molecule has 1 aliphatic heterocycles. The lowest BCUT2D eigenvalue weighted by Crippen LogP contribution is -2.45. The van der Waals surface area contributed by atoms with Gasteiger partial charge in [-0.2, -0.15) is 0 Å². The van der Waals surface area contributed by atoms with Crippen molar-refractivity contribution in [3.63, 3.8) is 0 Å². The van der Waals surface area contributed by atoms with Crippen molar-refractivity contribution in [3.8, 4) is 0 Å². The molecule has 1 fully saturated rings. The first kappa shape index (κ1) is 17.9. The Hall–Kier alpha value is -1.46. The number of carbonyl (C=O) groups excluding carboxylic acids is 1. The van der Waals surface area contributed by atoms with E-state index in [1.807, 2.05) is 0 Å². The van der Waals surface area contributed by atoms with E-state index in [0.717, 1.165) is 5.56 Å². The van der Waals surface area contributed by atoms with Crippen LogP contribution in [0, 0.1) is 0 Å². The average Bonchev–Trinajstić information content (AvgIpc) is 2.85. The van der Waals surface area contributed by atoms with Crippen molar-refractivity contribution in [1.82, 2.24) is 4.90 Å². The van der Waals surface area contributed by atoms with Crippen LogP contribution in [-0.4, -0.2) is 40.3 Å². The Bertz CT molecular complexity index is 627. The number of benzene rings is 1. The topological polar surface area (TPSA) is 66.8 Å². The van der Waals surface area contributed by atoms with Crippen LogP contribution >= 0.6 is 23.2 Å². The zero-order valence-electron chi connectivity index (χ0n) is 13.2. The Morgan fingerprint density at radius 1 is 1.26 bits per heavy atom. The number of hydrogen-bond acceptors (Lipinski definition) is 3. The fourth-order valence-electron chi connectivity index (χ4n) is 2.72. The van der Waals surface area contributed by atoms with Gasteiger partial charge in [-0.3, -0.25) is 4.90 Å². The van der Waals surface area contributed by atoms with Crippen molar-refractivity contribution < 1.29 is 19.4 Å². The molecule has 1 aliphatic rings. The highest BCUT2D eigenvalue weighted by Crippen LogP contribution is 2.37. The van der Waals surface area contributed by atoms with Crippen molar-refractivity contribution in [1.29, 1.82) is 0 Å². The van der Waals surface area contributed by atoms with Gasteiger partial charge < -0.3 is 9.84 Å². The number of hydrogen-bond donors (Lipinski definition) is 1. The van der Waals surface area contributed by atoms with Crippen LogP contribution in [0.2, 0.25) is 10.0 Å². The molecule has 0 radical (unpaired) electrons. The summed E-state index contributed by atoms with van der Waals surface area (Å²) in [6, 6.07) is 4.05. The summed E-state index contributed by atoms with van der Waals surface area (Å²) in [5.41, 5.74) is 0.0693. The molecular formula is C16H19Cl2NO4. The molecule has 0 aliphatic carbocycles. The van der Waals surface area contributed by atoms with Gasteiger partial charge in [0, 0.05) is 12.5 Å². The van der Waals surface area contributed by atoms with Crippen molar-refractivity contribution in [2.24, 2.45) is 0 Å². The molecule has 7 heteroatoms. The summed E-state index contributed by atoms with van der Waals surface area (Å²) in [5, 5.41) is 10.3. The summed E-state index contributed by atoms with van der Waals surface area (Å²) >= 11 is 11.9. The Kier molecular flexibility index (Phi) is 5.11. The molecule has 2 rings (SSSR count). The van der Waals surface area contributed by atoms with Gasteiger partial charge in [0.05, 0.1) is 10.0 Å². The third-order valence-electron chi connectivity index (χ3n) is 3.65. The van der Waals surface area contributed by atoms with E-state index in [2.05, 4.69) is 0 Å². The predicted molar refractivity (Wildman–Crippen MR) is 88.2 cm³/mol. The minimum Gasteiger partial charge on any atom is -0.480 e. The number of aliphatic carboxylic acids is 1. The Balaban J connectivity index is 2.27. The van der Waals surface area contributed by atoms with Gasteiger partial charge in [-0.15, -0.1) is 0 Å². The highest BCUT2D eigenvalue weighted by atomic mass is 35.5. The highest BCUT2D eigenvalue weighted by molar-refractivity contribution is 6.42. The number of carboxylic acids is 1. The van der Waals surface area contributed by atoms with Crippen molar-refractivity contribution >= 4 is 35.3 Å². The Morgan fingerprint density at radius 3 is 2.43 bits per heavy atom. The summed E-state index contributed by atoms with van der Waals surface area (Å²) in [5.74, 6) is -1.42. The van der Waals surface area contributed by atoms with Crippen molar-refractivity contribution in [2.75, 3.05) is 6.54 Å². The zero-order valence-corrected chi connectivity index (χ0v) is 14.7. The summed E-state index contributed by atoms with van der Waals surface area (Å²) in [6.07, 6.45) is -0.0961. The molecule has 23 heavy (non-hydrogen) atoms. The molecule has 1 aromatic rings. The van der Waals surface area contributed by atoms with E-state index in [4.69, 9.17) is 27.9 Å². The van der Waals surface area contributed by atoms with Gasteiger partial charge in [-0.1, -0.05) is 29.3 Å². The van der Waals surface area contributed by atoms with Crippen LogP contribution in [0.25, 0.3) is 0 Å². The van der Waals surface area contributed by atoms with Crippen LogP contribution in [-0.2, 0) is 9.53 Å². The van der Waals surface area contributed by atoms with E-state index < -0.39 is 23.7 Å². The van der Waals surface area contributed by atoms with Gasteiger partial charge in [0.25, 0.3) is 0 Å². The highest BCUT2D eigenvalue weighted by Gasteiger charge is 2.44. The lowest BCUT2D eigenvalue weighted by atomic mass is 9.92. The number of halogens is 2. The van der Waals surface area contributed by atoms with Crippen molar-refractivity contribution in [2.45, 2.75) is 44.8 Å². The second kappa shape index (κ2) is 6.57. The van der Waals surface area contributed by atoms with Crippen LogP contribution in [0.1, 0.15) is 38.7 Å². The number of amides is 1. The van der Waals surface area contributed by atoms with Gasteiger partial charge >= 0.3 is 12.1 Å². The number of carbonyl (C=O) groups is 2. The molecule has 0 aromatic heterocycles. The quantitative estimate of drug-likeness (QED) is 0.860. The molecule has 1 amide bonds. The number of carboxylic acid groups (broad SMARTS) is 1. The Morgan fingerprint density at radius 2 is 1.91 bits per heavy atom. The van der Waals surface area contributed by atoms with Crippen LogP contribution in [0.4, 0.5) is 4.79 Å². The maximum Gasteiger partial charge on any atom is 0.411 e. The van der Waals surface area contributed by atoms with Crippen LogP contribution in [0.15, 0.2) is 18.2 Å². The number of nitrogens with zero attached hydrogens (tertiary/aromatic N) is 1. The zero-order chi connectivity index (χ0) is 17.4.